The van der Waals surface area contributed by atoms with Gasteiger partial charge in [0.25, 0.3) is 0 Å². The molecule has 0 fully saturated rings. The number of fused-ring (bicyclic) bond motifs is 2. The highest BCUT2D eigenvalue weighted by Gasteiger charge is 2.24. The minimum Gasteiger partial charge on any atom is -0.389 e. The predicted octanol–water partition coefficient (Wildman–Crippen LogP) is 4.13. The molecule has 2 aliphatic rings. The van der Waals surface area contributed by atoms with E-state index in [0.717, 1.165) is 12.0 Å². The lowest BCUT2D eigenvalue weighted by Crippen LogP contribution is -2.09. The van der Waals surface area contributed by atoms with Gasteiger partial charge in [0.2, 0.25) is 0 Å². The Balaban J connectivity index is 1.83. The summed E-state index contributed by atoms with van der Waals surface area (Å²) < 4.78 is 0. The topological polar surface area (TPSA) is 46.2 Å². The lowest BCUT2D eigenvalue weighted by Gasteiger charge is -2.16. The Kier molecular flexibility index (Phi) is 3.93. The third-order valence-electron chi connectivity index (χ3n) is 4.75. The maximum atomic E-state index is 9.96. The molecule has 0 saturated carbocycles. The second-order valence-electron chi connectivity index (χ2n) is 6.38. The van der Waals surface area contributed by atoms with E-state index in [1.165, 1.54) is 33.1 Å². The summed E-state index contributed by atoms with van der Waals surface area (Å²) in [6.07, 6.45) is 9.73. The van der Waals surface area contributed by atoms with Gasteiger partial charge in [-0.25, -0.2) is 0 Å². The monoisotopic (exact) mass is 315 g/mol. The first-order valence-corrected chi connectivity index (χ1v) is 8.47. The normalized spacial score (nSPS) is 21.5. The maximum Gasteiger partial charge on any atom is 0.0764 e. The van der Waals surface area contributed by atoms with E-state index >= 15 is 0 Å². The van der Waals surface area contributed by atoms with Crippen LogP contribution in [0.1, 0.15) is 18.4 Å². The van der Waals surface area contributed by atoms with E-state index in [0.29, 0.717) is 13.0 Å². The van der Waals surface area contributed by atoms with Crippen LogP contribution in [0.3, 0.4) is 0 Å². The van der Waals surface area contributed by atoms with Gasteiger partial charge in [-0.3, -0.25) is 0 Å². The lowest BCUT2D eigenvalue weighted by atomic mass is 9.91. The molecule has 2 aliphatic carbocycles. The molecular weight excluding hydrogens is 294 g/mol. The van der Waals surface area contributed by atoms with E-state index in [9.17, 15) is 5.11 Å². The predicted molar refractivity (Wildman–Crippen MR) is 100 cm³/mol. The van der Waals surface area contributed by atoms with Crippen molar-refractivity contribution in [1.29, 1.82) is 0 Å². The SMILES string of the molecule is NCCC1=C/C(=C\c2cccc3ccccc23)C2=CCC(O)C=C12. The van der Waals surface area contributed by atoms with E-state index < -0.39 is 0 Å². The number of rotatable bonds is 3. The molecule has 24 heavy (non-hydrogen) atoms. The number of aliphatic hydroxyl groups is 1. The van der Waals surface area contributed by atoms with Crippen LogP contribution in [0.2, 0.25) is 0 Å². The molecule has 120 valence electrons. The van der Waals surface area contributed by atoms with E-state index in [1.807, 2.05) is 6.08 Å². The van der Waals surface area contributed by atoms with Crippen LogP contribution in [0.25, 0.3) is 16.8 Å². The second kappa shape index (κ2) is 6.23. The Hall–Kier alpha value is -2.42. The average Bonchev–Trinajstić information content (AvgIpc) is 2.92. The highest BCUT2D eigenvalue weighted by atomic mass is 16.3. The van der Waals surface area contributed by atoms with Crippen LogP contribution in [0.5, 0.6) is 0 Å². The summed E-state index contributed by atoms with van der Waals surface area (Å²) in [5.74, 6) is 0. The summed E-state index contributed by atoms with van der Waals surface area (Å²) in [5, 5.41) is 12.5. The summed E-state index contributed by atoms with van der Waals surface area (Å²) in [5.41, 5.74) is 11.8. The summed E-state index contributed by atoms with van der Waals surface area (Å²) >= 11 is 0. The largest absolute Gasteiger partial charge is 0.389 e. The van der Waals surface area contributed by atoms with Crippen molar-refractivity contribution in [2.45, 2.75) is 18.9 Å². The van der Waals surface area contributed by atoms with Gasteiger partial charge in [-0.2, -0.15) is 0 Å². The minimum atomic E-state index is -0.387. The molecule has 0 radical (unpaired) electrons. The van der Waals surface area contributed by atoms with Crippen LogP contribution in [0, 0.1) is 0 Å². The van der Waals surface area contributed by atoms with Crippen molar-refractivity contribution in [2.24, 2.45) is 5.73 Å². The zero-order valence-corrected chi connectivity index (χ0v) is 13.6. The van der Waals surface area contributed by atoms with E-state index in [-0.39, 0.29) is 6.10 Å². The van der Waals surface area contributed by atoms with Gasteiger partial charge in [0, 0.05) is 0 Å². The molecule has 1 unspecified atom stereocenters. The molecule has 3 N–H and O–H groups in total. The van der Waals surface area contributed by atoms with Gasteiger partial charge in [-0.15, -0.1) is 0 Å². The molecule has 0 aromatic heterocycles. The Labute approximate surface area is 142 Å². The van der Waals surface area contributed by atoms with Crippen molar-refractivity contribution in [3.8, 4) is 0 Å². The third-order valence-corrected chi connectivity index (χ3v) is 4.75. The number of hydrogen-bond donors (Lipinski definition) is 2. The lowest BCUT2D eigenvalue weighted by molar-refractivity contribution is 0.224. The second-order valence-corrected chi connectivity index (χ2v) is 6.38. The van der Waals surface area contributed by atoms with Gasteiger partial charge in [0.15, 0.2) is 0 Å². The number of allylic oxidation sites excluding steroid dienone is 4. The van der Waals surface area contributed by atoms with Crippen LogP contribution in [0.15, 0.2) is 83.0 Å². The summed E-state index contributed by atoms with van der Waals surface area (Å²) in [4.78, 5) is 0. The molecule has 2 nitrogen and oxygen atoms in total. The summed E-state index contributed by atoms with van der Waals surface area (Å²) in [6.45, 7) is 0.619. The number of benzene rings is 2. The fraction of sp³-hybridized carbons (Fsp3) is 0.182. The minimum absolute atomic E-state index is 0.387. The highest BCUT2D eigenvalue weighted by molar-refractivity contribution is 5.92. The van der Waals surface area contributed by atoms with E-state index in [1.54, 1.807) is 0 Å². The van der Waals surface area contributed by atoms with Crippen molar-refractivity contribution >= 4 is 16.8 Å². The fourth-order valence-corrected chi connectivity index (χ4v) is 3.62. The molecule has 2 aromatic carbocycles. The summed E-state index contributed by atoms with van der Waals surface area (Å²) in [7, 11) is 0. The van der Waals surface area contributed by atoms with Crippen molar-refractivity contribution in [3.63, 3.8) is 0 Å². The molecule has 2 aromatic rings. The molecular formula is C22H21NO. The molecule has 0 spiro atoms. The van der Waals surface area contributed by atoms with Crippen LogP contribution in [0.4, 0.5) is 0 Å². The van der Waals surface area contributed by atoms with E-state index in [4.69, 9.17) is 5.73 Å². The molecule has 0 amide bonds. The Morgan fingerprint density at radius 3 is 2.79 bits per heavy atom. The van der Waals surface area contributed by atoms with Crippen molar-refractivity contribution in [2.75, 3.05) is 6.54 Å². The first kappa shape index (κ1) is 15.1. The number of nitrogens with two attached hydrogens (primary N) is 1. The molecule has 0 aliphatic heterocycles. The van der Waals surface area contributed by atoms with Gasteiger partial charge < -0.3 is 10.8 Å². The Bertz CT molecular complexity index is 909. The summed E-state index contributed by atoms with van der Waals surface area (Å²) in [6, 6.07) is 14.9. The van der Waals surface area contributed by atoms with Crippen LogP contribution < -0.4 is 5.73 Å². The standard InChI is InChI=1S/C22H21NO/c23-11-10-17-13-18(21-9-8-19(24)14-22(17)21)12-16-6-3-5-15-4-1-2-7-20(15)16/h1-7,9,12-14,19,24H,8,10-11,23H2/b18-12+. The zero-order chi connectivity index (χ0) is 16.5. The molecule has 0 heterocycles. The number of hydrogen-bond acceptors (Lipinski definition) is 2. The third kappa shape index (κ3) is 2.64. The molecule has 1 atom stereocenters. The van der Waals surface area contributed by atoms with Crippen molar-refractivity contribution in [3.05, 3.63) is 88.5 Å². The molecule has 4 rings (SSSR count). The van der Waals surface area contributed by atoms with Gasteiger partial charge >= 0.3 is 0 Å². The van der Waals surface area contributed by atoms with Gasteiger partial charge in [0.1, 0.15) is 0 Å². The van der Waals surface area contributed by atoms with Crippen molar-refractivity contribution < 1.29 is 5.11 Å². The highest BCUT2D eigenvalue weighted by Crippen LogP contribution is 2.40. The van der Waals surface area contributed by atoms with Crippen LogP contribution in [-0.4, -0.2) is 17.8 Å². The first-order chi connectivity index (χ1) is 11.8. The average molecular weight is 315 g/mol. The Morgan fingerprint density at radius 2 is 1.92 bits per heavy atom. The van der Waals surface area contributed by atoms with Crippen LogP contribution >= 0.6 is 0 Å². The zero-order valence-electron chi connectivity index (χ0n) is 13.6. The molecule has 2 heteroatoms. The van der Waals surface area contributed by atoms with Crippen LogP contribution in [-0.2, 0) is 0 Å². The smallest absolute Gasteiger partial charge is 0.0764 e. The van der Waals surface area contributed by atoms with Crippen molar-refractivity contribution in [1.82, 2.24) is 0 Å². The fourth-order valence-electron chi connectivity index (χ4n) is 3.62. The van der Waals surface area contributed by atoms with Gasteiger partial charge in [-0.1, -0.05) is 54.6 Å². The van der Waals surface area contributed by atoms with Gasteiger partial charge in [-0.05, 0) is 70.2 Å². The molecule has 0 saturated heterocycles. The first-order valence-electron chi connectivity index (χ1n) is 8.47. The van der Waals surface area contributed by atoms with Gasteiger partial charge in [0.05, 0.1) is 6.10 Å². The Morgan fingerprint density at radius 1 is 1.08 bits per heavy atom. The maximum absolute atomic E-state index is 9.96. The van der Waals surface area contributed by atoms with E-state index in [2.05, 4.69) is 60.7 Å². The number of aliphatic hydroxyl groups excluding tert-OH is 1. The molecule has 0 bridgehead atoms. The quantitative estimate of drug-likeness (QED) is 0.894.